The van der Waals surface area contributed by atoms with Crippen molar-refractivity contribution in [1.29, 1.82) is 0 Å². The van der Waals surface area contributed by atoms with Gasteiger partial charge in [-0.15, -0.1) is 0 Å². The summed E-state index contributed by atoms with van der Waals surface area (Å²) in [6, 6.07) is -0.241. The van der Waals surface area contributed by atoms with Gasteiger partial charge < -0.3 is 14.4 Å². The van der Waals surface area contributed by atoms with Crippen molar-refractivity contribution in [3.05, 3.63) is 0 Å². The third-order valence-corrected chi connectivity index (χ3v) is 9.76. The predicted octanol–water partition coefficient (Wildman–Crippen LogP) is 1.88. The molecule has 2 fully saturated rings. The minimum absolute atomic E-state index is 0.165. The molecule has 0 bridgehead atoms. The molecule has 0 saturated carbocycles. The van der Waals surface area contributed by atoms with Gasteiger partial charge in [-0.05, 0) is 53.9 Å². The first-order valence-electron chi connectivity index (χ1n) is 11.0. The highest BCUT2D eigenvalue weighted by Gasteiger charge is 2.48. The summed E-state index contributed by atoms with van der Waals surface area (Å²) in [5.74, 6) is 0. The molecule has 1 amide bonds. The van der Waals surface area contributed by atoms with Crippen molar-refractivity contribution >= 4 is 26.5 Å². The summed E-state index contributed by atoms with van der Waals surface area (Å²) in [4.78, 5) is 14.2. The molecule has 0 N–H and O–H groups in total. The van der Waals surface area contributed by atoms with E-state index in [4.69, 9.17) is 9.47 Å². The van der Waals surface area contributed by atoms with Gasteiger partial charge in [-0.1, -0.05) is 0 Å². The van der Waals surface area contributed by atoms with E-state index in [1.807, 2.05) is 0 Å². The third-order valence-electron chi connectivity index (χ3n) is 6.29. The summed E-state index contributed by atoms with van der Waals surface area (Å²) in [5.41, 5.74) is -1.39. The van der Waals surface area contributed by atoms with Crippen LogP contribution in [0, 0.1) is 0 Å². The van der Waals surface area contributed by atoms with E-state index in [0.29, 0.717) is 39.0 Å². The second kappa shape index (κ2) is 9.94. The maximum Gasteiger partial charge on any atom is 0.410 e. The van der Waals surface area contributed by atoms with Gasteiger partial charge in [0.05, 0.1) is 36.7 Å². The lowest BCUT2D eigenvalue weighted by Crippen LogP contribution is -2.49. The predicted molar refractivity (Wildman–Crippen MR) is 121 cm³/mol. The van der Waals surface area contributed by atoms with Gasteiger partial charge in [0.25, 0.3) is 0 Å². The molecule has 0 aliphatic carbocycles. The highest BCUT2D eigenvalue weighted by atomic mass is 32.3. The lowest BCUT2D eigenvalue weighted by molar-refractivity contribution is -0.0522. The summed E-state index contributed by atoms with van der Waals surface area (Å²) in [6.07, 6.45) is 1.41. The van der Waals surface area contributed by atoms with Gasteiger partial charge in [-0.25, -0.2) is 17.4 Å². The number of hydrogen-bond acceptors (Lipinski definition) is 9. The number of piperidine rings is 1. The molecule has 0 aromatic carbocycles. The van der Waals surface area contributed by atoms with Crippen LogP contribution in [0.3, 0.4) is 0 Å². The first-order valence-corrected chi connectivity index (χ1v) is 13.8. The number of carbonyl (C=O) groups excluding carboxylic acids is 1. The molecule has 2 rings (SSSR count). The van der Waals surface area contributed by atoms with E-state index in [0.717, 1.165) is 7.11 Å². The molecule has 11 nitrogen and oxygen atoms in total. The Bertz CT molecular complexity index is 902. The second-order valence-electron chi connectivity index (χ2n) is 10.2. The topological polar surface area (TPSA) is 129 Å². The van der Waals surface area contributed by atoms with Gasteiger partial charge in [-0.2, -0.15) is 12.7 Å². The van der Waals surface area contributed by atoms with Crippen LogP contribution in [0.1, 0.15) is 60.3 Å². The first kappa shape index (κ1) is 28.2. The average molecular weight is 515 g/mol. The summed E-state index contributed by atoms with van der Waals surface area (Å²) >= 11 is 0. The molecule has 0 unspecified atom stereocenters. The normalized spacial score (nSPS) is 22.2. The Balaban J connectivity index is 1.87. The van der Waals surface area contributed by atoms with E-state index in [1.54, 1.807) is 46.6 Å². The fourth-order valence-electron chi connectivity index (χ4n) is 3.92. The first-order chi connectivity index (χ1) is 14.9. The highest BCUT2D eigenvalue weighted by molar-refractivity contribution is 7.90. The average Bonchev–Trinajstić information content (AvgIpc) is 3.09. The smallest absolute Gasteiger partial charge is 0.410 e. The Morgan fingerprint density at radius 2 is 1.70 bits per heavy atom. The van der Waals surface area contributed by atoms with E-state index in [9.17, 15) is 21.6 Å². The van der Waals surface area contributed by atoms with E-state index in [2.05, 4.69) is 8.37 Å². The van der Waals surface area contributed by atoms with Gasteiger partial charge in [0.2, 0.25) is 10.0 Å². The lowest BCUT2D eigenvalue weighted by Gasteiger charge is -2.39. The number of amides is 1. The monoisotopic (exact) mass is 514 g/mol. The number of likely N-dealkylation sites (tertiary alicyclic amines) is 1. The van der Waals surface area contributed by atoms with E-state index >= 15 is 0 Å². The van der Waals surface area contributed by atoms with Crippen molar-refractivity contribution in [2.24, 2.45) is 0 Å². The van der Waals surface area contributed by atoms with Crippen molar-refractivity contribution in [2.45, 2.75) is 82.3 Å². The molecule has 0 aromatic heterocycles. The Kier molecular flexibility index (Phi) is 8.51. The molecular weight excluding hydrogens is 476 g/mol. The van der Waals surface area contributed by atoms with Crippen molar-refractivity contribution in [1.82, 2.24) is 9.21 Å². The minimum Gasteiger partial charge on any atom is -0.443 e. The van der Waals surface area contributed by atoms with Crippen LogP contribution in [-0.4, -0.2) is 94.6 Å². The summed E-state index contributed by atoms with van der Waals surface area (Å²) < 4.78 is 69.1. The van der Waals surface area contributed by atoms with Crippen LogP contribution in [-0.2, 0) is 38.3 Å². The van der Waals surface area contributed by atoms with Gasteiger partial charge in [0.1, 0.15) is 5.60 Å². The number of ether oxygens (including phenoxy) is 2. The van der Waals surface area contributed by atoms with Crippen LogP contribution in [0.5, 0.6) is 0 Å². The number of rotatable bonds is 8. The Morgan fingerprint density at radius 1 is 1.12 bits per heavy atom. The van der Waals surface area contributed by atoms with Crippen molar-refractivity contribution in [2.75, 3.05) is 40.5 Å². The standard InChI is InChI=1S/C20H38N2O9S2/c1-18(2,3)32(24,25)21(6)16-14-20(29-15-16)8-11-22(12-9-20)17(23)31-19(4,5)10-13-30-33(26,27)28-7/h16H,8-15H2,1-7H3/t16-/m1/s1. The summed E-state index contributed by atoms with van der Waals surface area (Å²) in [5, 5.41) is 0. The Hall–Kier alpha value is -0.990. The molecule has 2 aliphatic rings. The molecular formula is C20H38N2O9S2. The maximum absolute atomic E-state index is 12.8. The van der Waals surface area contributed by atoms with Crippen LogP contribution in [0.25, 0.3) is 0 Å². The SMILES string of the molecule is COS(=O)(=O)OCCC(C)(C)OC(=O)N1CCC2(CC1)C[C@@H](N(C)S(=O)(=O)C(C)(C)C)CO2. The number of hydrogen-bond donors (Lipinski definition) is 0. The molecule has 1 atom stereocenters. The van der Waals surface area contributed by atoms with Gasteiger partial charge in [0.15, 0.2) is 0 Å². The van der Waals surface area contributed by atoms with Crippen molar-refractivity contribution in [3.63, 3.8) is 0 Å². The number of nitrogens with zero attached hydrogens (tertiary/aromatic N) is 2. The molecule has 13 heteroatoms. The quantitative estimate of drug-likeness (QED) is 0.477. The zero-order chi connectivity index (χ0) is 25.3. The van der Waals surface area contributed by atoms with Crippen molar-refractivity contribution < 1.29 is 39.5 Å². The van der Waals surface area contributed by atoms with Gasteiger partial charge >= 0.3 is 16.5 Å². The van der Waals surface area contributed by atoms with Crippen LogP contribution in [0.4, 0.5) is 4.79 Å². The lowest BCUT2D eigenvalue weighted by atomic mass is 9.87. The second-order valence-corrected chi connectivity index (χ2v) is 14.4. The van der Waals surface area contributed by atoms with Crippen LogP contribution < -0.4 is 0 Å². The van der Waals surface area contributed by atoms with Crippen LogP contribution >= 0.6 is 0 Å². The molecule has 0 radical (unpaired) electrons. The number of sulfonamides is 1. The van der Waals surface area contributed by atoms with E-state index in [-0.39, 0.29) is 19.1 Å². The van der Waals surface area contributed by atoms with Gasteiger partial charge in [-0.3, -0.25) is 4.18 Å². The molecule has 194 valence electrons. The third kappa shape index (κ3) is 7.01. The molecule has 2 heterocycles. The van der Waals surface area contributed by atoms with E-state index < -0.39 is 42.5 Å². The molecule has 1 spiro atoms. The molecule has 0 aromatic rings. The summed E-state index contributed by atoms with van der Waals surface area (Å²) in [6.45, 7) is 9.38. The molecule has 33 heavy (non-hydrogen) atoms. The fraction of sp³-hybridized carbons (Fsp3) is 0.950. The molecule has 2 saturated heterocycles. The highest BCUT2D eigenvalue weighted by Crippen LogP contribution is 2.39. The molecule has 2 aliphatic heterocycles. The van der Waals surface area contributed by atoms with Crippen molar-refractivity contribution in [3.8, 4) is 0 Å². The Labute approximate surface area is 198 Å². The van der Waals surface area contributed by atoms with Crippen LogP contribution in [0.15, 0.2) is 0 Å². The largest absolute Gasteiger partial charge is 0.443 e. The zero-order valence-corrected chi connectivity index (χ0v) is 22.3. The van der Waals surface area contributed by atoms with Crippen LogP contribution in [0.2, 0.25) is 0 Å². The zero-order valence-electron chi connectivity index (χ0n) is 20.6. The maximum atomic E-state index is 12.8. The number of carbonyl (C=O) groups is 1. The van der Waals surface area contributed by atoms with E-state index in [1.165, 1.54) is 4.31 Å². The summed E-state index contributed by atoms with van der Waals surface area (Å²) in [7, 11) is -4.90. The minimum atomic E-state index is -4.04. The number of likely N-dealkylation sites (N-methyl/N-ethyl adjacent to an activating group) is 1. The Morgan fingerprint density at radius 3 is 2.21 bits per heavy atom. The van der Waals surface area contributed by atoms with Gasteiger partial charge in [0, 0.05) is 26.6 Å². The fourth-order valence-corrected chi connectivity index (χ4v) is 5.69.